The first-order chi connectivity index (χ1) is 3.72. The van der Waals surface area contributed by atoms with Crippen molar-refractivity contribution in [3.63, 3.8) is 0 Å². The van der Waals surface area contributed by atoms with Crippen LogP contribution in [0.4, 0.5) is 0 Å². The summed E-state index contributed by atoms with van der Waals surface area (Å²) in [6.07, 6.45) is 1.11. The molecule has 0 bridgehead atoms. The number of hydrogen-bond acceptors (Lipinski definition) is 0. The molecule has 0 aliphatic carbocycles. The van der Waals surface area contributed by atoms with Gasteiger partial charge >= 0.3 is 0 Å². The van der Waals surface area contributed by atoms with Gasteiger partial charge in [0.2, 0.25) is 0 Å². The lowest BCUT2D eigenvalue weighted by Gasteiger charge is -2.11. The van der Waals surface area contributed by atoms with Crippen molar-refractivity contribution in [2.75, 3.05) is 5.88 Å². The van der Waals surface area contributed by atoms with E-state index in [0.717, 1.165) is 6.42 Å². The van der Waals surface area contributed by atoms with Gasteiger partial charge in [-0.2, -0.15) is 0 Å². The van der Waals surface area contributed by atoms with E-state index in [1.54, 1.807) is 0 Å². The van der Waals surface area contributed by atoms with Crippen molar-refractivity contribution in [2.24, 2.45) is 5.92 Å². The van der Waals surface area contributed by atoms with Gasteiger partial charge in [0.05, 0.1) is 0 Å². The molecule has 0 spiro atoms. The molecule has 2 unspecified atom stereocenters. The number of halogens is 2. The van der Waals surface area contributed by atoms with Crippen molar-refractivity contribution in [1.82, 2.24) is 0 Å². The van der Waals surface area contributed by atoms with E-state index in [4.69, 9.17) is 23.2 Å². The highest BCUT2D eigenvalue weighted by Gasteiger charge is 2.09. The van der Waals surface area contributed by atoms with Gasteiger partial charge < -0.3 is 0 Å². The summed E-state index contributed by atoms with van der Waals surface area (Å²) >= 11 is 11.3. The first-order valence-electron chi connectivity index (χ1n) is 2.92. The van der Waals surface area contributed by atoms with Gasteiger partial charge in [0.15, 0.2) is 0 Å². The summed E-state index contributed by atoms with van der Waals surface area (Å²) in [6.45, 7) is 4.23. The molecule has 2 heteroatoms. The lowest BCUT2D eigenvalue weighted by atomic mass is 10.1. The van der Waals surface area contributed by atoms with Crippen LogP contribution >= 0.6 is 23.2 Å². The summed E-state index contributed by atoms with van der Waals surface area (Å²) in [5, 5.41) is 0.154. The van der Waals surface area contributed by atoms with Crippen LogP contribution in [0.1, 0.15) is 20.3 Å². The predicted octanol–water partition coefficient (Wildman–Crippen LogP) is 2.88. The lowest BCUT2D eigenvalue weighted by molar-refractivity contribution is 0.554. The summed E-state index contributed by atoms with van der Waals surface area (Å²) in [7, 11) is 0. The molecule has 0 amide bonds. The third-order valence-corrected chi connectivity index (χ3v) is 2.48. The van der Waals surface area contributed by atoms with E-state index in [0.29, 0.717) is 11.8 Å². The highest BCUT2D eigenvalue weighted by Crippen LogP contribution is 2.14. The summed E-state index contributed by atoms with van der Waals surface area (Å²) in [5.74, 6) is 1.12. The van der Waals surface area contributed by atoms with Gasteiger partial charge in [-0.25, -0.2) is 0 Å². The van der Waals surface area contributed by atoms with Gasteiger partial charge in [-0.1, -0.05) is 20.3 Å². The van der Waals surface area contributed by atoms with Gasteiger partial charge in [-0.3, -0.25) is 0 Å². The van der Waals surface area contributed by atoms with Gasteiger partial charge in [0, 0.05) is 11.3 Å². The zero-order chi connectivity index (χ0) is 6.57. The summed E-state index contributed by atoms with van der Waals surface area (Å²) < 4.78 is 0. The molecule has 0 N–H and O–H groups in total. The Morgan fingerprint density at radius 3 is 2.12 bits per heavy atom. The van der Waals surface area contributed by atoms with Crippen LogP contribution in [0.5, 0.6) is 0 Å². The van der Waals surface area contributed by atoms with Crippen LogP contribution in [0.15, 0.2) is 0 Å². The number of alkyl halides is 2. The zero-order valence-corrected chi connectivity index (χ0v) is 6.84. The second kappa shape index (κ2) is 4.46. The Bertz CT molecular complexity index is 46.5. The third kappa shape index (κ3) is 2.78. The summed E-state index contributed by atoms with van der Waals surface area (Å²) in [6, 6.07) is 0. The van der Waals surface area contributed by atoms with Crippen LogP contribution in [0, 0.1) is 5.92 Å². The minimum Gasteiger partial charge on any atom is -0.125 e. The Balaban J connectivity index is 3.29. The van der Waals surface area contributed by atoms with Crippen LogP contribution in [0.2, 0.25) is 0 Å². The van der Waals surface area contributed by atoms with Crippen LogP contribution in [-0.4, -0.2) is 11.3 Å². The third-order valence-electron chi connectivity index (χ3n) is 1.41. The predicted molar refractivity (Wildman–Crippen MR) is 39.8 cm³/mol. The zero-order valence-electron chi connectivity index (χ0n) is 5.32. The highest BCUT2D eigenvalue weighted by atomic mass is 35.5. The molecule has 0 saturated carbocycles. The molecule has 8 heavy (non-hydrogen) atoms. The van der Waals surface area contributed by atoms with E-state index < -0.39 is 0 Å². The van der Waals surface area contributed by atoms with E-state index in [2.05, 4.69) is 13.8 Å². The SMILES string of the molecule is CCC(C)C(Cl)CCl. The molecule has 0 saturated heterocycles. The van der Waals surface area contributed by atoms with Crippen LogP contribution in [-0.2, 0) is 0 Å². The van der Waals surface area contributed by atoms with Crippen molar-refractivity contribution < 1.29 is 0 Å². The average molecular weight is 155 g/mol. The Morgan fingerprint density at radius 2 is 2.00 bits per heavy atom. The van der Waals surface area contributed by atoms with Gasteiger partial charge in [0.1, 0.15) is 0 Å². The standard InChI is InChI=1S/C6H12Cl2/c1-3-5(2)6(8)4-7/h5-6H,3-4H2,1-2H3. The molecule has 0 rings (SSSR count). The van der Waals surface area contributed by atoms with E-state index in [1.807, 2.05) is 0 Å². The molecule has 2 atom stereocenters. The van der Waals surface area contributed by atoms with Gasteiger partial charge in [-0.15, -0.1) is 23.2 Å². The first-order valence-corrected chi connectivity index (χ1v) is 3.89. The van der Waals surface area contributed by atoms with Crippen LogP contribution < -0.4 is 0 Å². The van der Waals surface area contributed by atoms with E-state index in [-0.39, 0.29) is 5.38 Å². The Kier molecular flexibility index (Phi) is 4.78. The smallest absolute Gasteiger partial charge is 0.0496 e. The maximum Gasteiger partial charge on any atom is 0.0496 e. The highest BCUT2D eigenvalue weighted by molar-refractivity contribution is 6.28. The Morgan fingerprint density at radius 1 is 1.50 bits per heavy atom. The van der Waals surface area contributed by atoms with Crippen LogP contribution in [0.25, 0.3) is 0 Å². The Hall–Kier alpha value is 0.580. The van der Waals surface area contributed by atoms with Crippen LogP contribution in [0.3, 0.4) is 0 Å². The van der Waals surface area contributed by atoms with Crippen molar-refractivity contribution in [3.8, 4) is 0 Å². The molecule has 0 nitrogen and oxygen atoms in total. The first kappa shape index (κ1) is 8.58. The van der Waals surface area contributed by atoms with E-state index in [9.17, 15) is 0 Å². The van der Waals surface area contributed by atoms with Crippen molar-refractivity contribution in [3.05, 3.63) is 0 Å². The molecule has 0 aromatic heterocycles. The topological polar surface area (TPSA) is 0 Å². The fourth-order valence-electron chi connectivity index (χ4n) is 0.408. The monoisotopic (exact) mass is 154 g/mol. The molecule has 0 aromatic carbocycles. The maximum atomic E-state index is 5.78. The molecule has 0 radical (unpaired) electrons. The fourth-order valence-corrected chi connectivity index (χ4v) is 0.890. The Labute approximate surface area is 61.2 Å². The van der Waals surface area contributed by atoms with Gasteiger partial charge in [0.25, 0.3) is 0 Å². The molecule has 0 fully saturated rings. The number of hydrogen-bond donors (Lipinski definition) is 0. The quantitative estimate of drug-likeness (QED) is 0.549. The molecular weight excluding hydrogens is 143 g/mol. The molecule has 50 valence electrons. The molecule has 0 aromatic rings. The normalized spacial score (nSPS) is 18.0. The van der Waals surface area contributed by atoms with Gasteiger partial charge in [-0.05, 0) is 5.92 Å². The lowest BCUT2D eigenvalue weighted by Crippen LogP contribution is -2.11. The van der Waals surface area contributed by atoms with Crippen molar-refractivity contribution >= 4 is 23.2 Å². The molecule has 0 heterocycles. The van der Waals surface area contributed by atoms with E-state index in [1.165, 1.54) is 0 Å². The van der Waals surface area contributed by atoms with Crippen molar-refractivity contribution in [1.29, 1.82) is 0 Å². The second-order valence-electron chi connectivity index (χ2n) is 2.06. The molecule has 0 aliphatic rings. The summed E-state index contributed by atoms with van der Waals surface area (Å²) in [4.78, 5) is 0. The average Bonchev–Trinajstić information content (AvgIpc) is 1.84. The van der Waals surface area contributed by atoms with E-state index >= 15 is 0 Å². The summed E-state index contributed by atoms with van der Waals surface area (Å²) in [5.41, 5.74) is 0. The number of rotatable bonds is 3. The second-order valence-corrected chi connectivity index (χ2v) is 2.93. The molecule has 0 aliphatic heterocycles. The minimum absolute atomic E-state index is 0.154. The van der Waals surface area contributed by atoms with Crippen molar-refractivity contribution in [2.45, 2.75) is 25.6 Å². The largest absolute Gasteiger partial charge is 0.125 e. The maximum absolute atomic E-state index is 5.78. The minimum atomic E-state index is 0.154. The fraction of sp³-hybridized carbons (Fsp3) is 1.00. The molecular formula is C6H12Cl2.